The van der Waals surface area contributed by atoms with E-state index in [9.17, 15) is 13.6 Å². The summed E-state index contributed by atoms with van der Waals surface area (Å²) in [5.41, 5.74) is 2.41. The smallest absolute Gasteiger partial charge is 0.387 e. The first-order valence-electron chi connectivity index (χ1n) is 6.94. The molecule has 0 aromatic heterocycles. The number of hydrogen-bond donors (Lipinski definition) is 1. The van der Waals surface area contributed by atoms with Crippen LogP contribution in [0.5, 0.6) is 11.5 Å². The summed E-state index contributed by atoms with van der Waals surface area (Å²) in [4.78, 5) is 12.1. The Hall–Kier alpha value is -2.60. The Morgan fingerprint density at radius 3 is 2.67 bits per heavy atom. The Balaban J connectivity index is 1.99. The summed E-state index contributed by atoms with van der Waals surface area (Å²) in [5.74, 6) is -0.184. The van der Waals surface area contributed by atoms with Crippen molar-refractivity contribution in [3.63, 3.8) is 0 Å². The number of methoxy groups -OCH3 is 1. The lowest BCUT2D eigenvalue weighted by Crippen LogP contribution is -2.04. The molecule has 3 rings (SSSR count). The lowest BCUT2D eigenvalue weighted by atomic mass is 10.0. The van der Waals surface area contributed by atoms with Gasteiger partial charge in [0.05, 0.1) is 12.8 Å². The number of carbonyl (C=O) groups excluding carboxylic acids is 1. The van der Waals surface area contributed by atoms with E-state index in [1.165, 1.54) is 19.2 Å². The second-order valence-corrected chi connectivity index (χ2v) is 5.43. The average Bonchev–Trinajstić information content (AvgIpc) is 2.83. The van der Waals surface area contributed by atoms with Gasteiger partial charge in [0, 0.05) is 16.2 Å². The van der Waals surface area contributed by atoms with Gasteiger partial charge in [-0.2, -0.15) is 8.78 Å². The van der Waals surface area contributed by atoms with Crippen LogP contribution in [0, 0.1) is 0 Å². The molecule has 2 aromatic rings. The van der Waals surface area contributed by atoms with Crippen molar-refractivity contribution in [2.75, 3.05) is 12.4 Å². The van der Waals surface area contributed by atoms with E-state index in [0.717, 1.165) is 5.56 Å². The van der Waals surface area contributed by atoms with Gasteiger partial charge in [-0.25, -0.2) is 0 Å². The van der Waals surface area contributed by atoms with Gasteiger partial charge in [-0.1, -0.05) is 23.7 Å². The van der Waals surface area contributed by atoms with Crippen molar-refractivity contribution in [1.29, 1.82) is 0 Å². The molecule has 1 aliphatic heterocycles. The maximum atomic E-state index is 12.4. The molecule has 0 fully saturated rings. The lowest BCUT2D eigenvalue weighted by molar-refractivity contribution is -0.110. The van der Waals surface area contributed by atoms with Crippen LogP contribution in [0.4, 0.5) is 14.5 Å². The fraction of sp³-hybridized carbons (Fsp3) is 0.118. The second kappa shape index (κ2) is 6.49. The Morgan fingerprint density at radius 2 is 1.96 bits per heavy atom. The van der Waals surface area contributed by atoms with Crippen LogP contribution in [0.2, 0.25) is 5.02 Å². The summed E-state index contributed by atoms with van der Waals surface area (Å²) in [6.45, 7) is -2.94. The van der Waals surface area contributed by atoms with E-state index < -0.39 is 6.61 Å². The van der Waals surface area contributed by atoms with Crippen LogP contribution in [0.25, 0.3) is 11.6 Å². The molecule has 0 unspecified atom stereocenters. The largest absolute Gasteiger partial charge is 0.493 e. The fourth-order valence-electron chi connectivity index (χ4n) is 2.44. The van der Waals surface area contributed by atoms with E-state index in [-0.39, 0.29) is 17.4 Å². The molecule has 1 amide bonds. The molecule has 0 aliphatic carbocycles. The van der Waals surface area contributed by atoms with Crippen molar-refractivity contribution in [1.82, 2.24) is 0 Å². The number of carbonyl (C=O) groups is 1. The van der Waals surface area contributed by atoms with E-state index in [0.29, 0.717) is 21.8 Å². The number of fused-ring (bicyclic) bond motifs is 1. The predicted octanol–water partition coefficient (Wildman–Crippen LogP) is 4.44. The van der Waals surface area contributed by atoms with Gasteiger partial charge in [0.1, 0.15) is 0 Å². The molecule has 0 spiro atoms. The zero-order chi connectivity index (χ0) is 17.3. The van der Waals surface area contributed by atoms with Crippen molar-refractivity contribution in [3.05, 3.63) is 52.5 Å². The van der Waals surface area contributed by atoms with Crippen LogP contribution >= 0.6 is 11.6 Å². The molecule has 1 aliphatic rings. The molecule has 2 aromatic carbocycles. The molecule has 0 bridgehead atoms. The first kappa shape index (κ1) is 16.3. The zero-order valence-corrected chi connectivity index (χ0v) is 13.2. The molecule has 0 saturated heterocycles. The van der Waals surface area contributed by atoms with Crippen LogP contribution in [-0.4, -0.2) is 19.6 Å². The molecular weight excluding hydrogens is 340 g/mol. The summed E-state index contributed by atoms with van der Waals surface area (Å²) in [5, 5.41) is 3.25. The molecular formula is C17H12ClF2NO3. The zero-order valence-electron chi connectivity index (χ0n) is 12.5. The molecule has 0 saturated carbocycles. The maximum Gasteiger partial charge on any atom is 0.387 e. The Kier molecular flexibility index (Phi) is 4.40. The normalized spacial score (nSPS) is 14.7. The van der Waals surface area contributed by atoms with E-state index in [1.54, 1.807) is 30.3 Å². The maximum absolute atomic E-state index is 12.4. The summed E-state index contributed by atoms with van der Waals surface area (Å²) in [6, 6.07) is 9.55. The quantitative estimate of drug-likeness (QED) is 0.828. The van der Waals surface area contributed by atoms with Crippen LogP contribution in [-0.2, 0) is 4.79 Å². The highest BCUT2D eigenvalue weighted by Gasteiger charge is 2.24. The predicted molar refractivity (Wildman–Crippen MR) is 87.6 cm³/mol. The van der Waals surface area contributed by atoms with Crippen molar-refractivity contribution < 1.29 is 23.0 Å². The van der Waals surface area contributed by atoms with Gasteiger partial charge in [-0.15, -0.1) is 0 Å². The van der Waals surface area contributed by atoms with Crippen LogP contribution in [0.1, 0.15) is 11.1 Å². The van der Waals surface area contributed by atoms with Gasteiger partial charge in [-0.05, 0) is 35.9 Å². The lowest BCUT2D eigenvalue weighted by Gasteiger charge is -2.10. The summed E-state index contributed by atoms with van der Waals surface area (Å²) in [7, 11) is 1.35. The van der Waals surface area contributed by atoms with Crippen LogP contribution in [0.15, 0.2) is 36.4 Å². The van der Waals surface area contributed by atoms with E-state index >= 15 is 0 Å². The van der Waals surface area contributed by atoms with Gasteiger partial charge in [0.25, 0.3) is 5.91 Å². The third-order valence-corrected chi connectivity index (χ3v) is 3.71. The van der Waals surface area contributed by atoms with Gasteiger partial charge < -0.3 is 14.8 Å². The van der Waals surface area contributed by atoms with Gasteiger partial charge in [-0.3, -0.25) is 4.79 Å². The highest BCUT2D eigenvalue weighted by atomic mass is 35.5. The van der Waals surface area contributed by atoms with Gasteiger partial charge >= 0.3 is 6.61 Å². The first-order valence-corrected chi connectivity index (χ1v) is 7.31. The number of anilines is 1. The minimum Gasteiger partial charge on any atom is -0.493 e. The van der Waals surface area contributed by atoms with Crippen LogP contribution in [0.3, 0.4) is 0 Å². The number of hydrogen-bond acceptors (Lipinski definition) is 3. The molecule has 7 heteroatoms. The van der Waals surface area contributed by atoms with Gasteiger partial charge in [0.2, 0.25) is 0 Å². The highest BCUT2D eigenvalue weighted by Crippen LogP contribution is 2.36. The minimum atomic E-state index is -2.94. The average molecular weight is 352 g/mol. The molecule has 4 nitrogen and oxygen atoms in total. The Morgan fingerprint density at radius 1 is 1.17 bits per heavy atom. The molecule has 1 N–H and O–H groups in total. The number of halogens is 3. The number of benzene rings is 2. The third kappa shape index (κ3) is 3.19. The third-order valence-electron chi connectivity index (χ3n) is 3.48. The number of alkyl halides is 2. The standard InChI is InChI=1S/C17H12ClF2NO3/c1-23-15-7-9(2-5-14(15)24-17(19)20)6-12-11-4-3-10(18)8-13(11)21-16(12)22/h2-8,17H,1H3,(H,21,22). The monoisotopic (exact) mass is 351 g/mol. The Labute approximate surface area is 141 Å². The number of nitrogens with one attached hydrogen (secondary N) is 1. The number of ether oxygens (including phenoxy) is 2. The molecule has 124 valence electrons. The SMILES string of the molecule is COc1cc(C=C2C(=O)Nc3cc(Cl)ccc32)ccc1OC(F)F. The molecule has 1 heterocycles. The minimum absolute atomic E-state index is 0.0716. The Bertz CT molecular complexity index is 837. The molecule has 0 atom stereocenters. The van der Waals surface area contributed by atoms with Gasteiger partial charge in [0.15, 0.2) is 11.5 Å². The number of rotatable bonds is 4. The van der Waals surface area contributed by atoms with Crippen molar-refractivity contribution in [2.45, 2.75) is 6.61 Å². The van der Waals surface area contributed by atoms with Crippen molar-refractivity contribution in [3.8, 4) is 11.5 Å². The van der Waals surface area contributed by atoms with Crippen LogP contribution < -0.4 is 14.8 Å². The molecule has 0 radical (unpaired) electrons. The summed E-state index contributed by atoms with van der Waals surface area (Å²) in [6.07, 6.45) is 1.64. The topological polar surface area (TPSA) is 47.6 Å². The summed E-state index contributed by atoms with van der Waals surface area (Å²) < 4.78 is 34.2. The highest BCUT2D eigenvalue weighted by molar-refractivity contribution is 6.36. The first-order chi connectivity index (χ1) is 11.5. The van der Waals surface area contributed by atoms with Crippen molar-refractivity contribution >= 4 is 34.8 Å². The fourth-order valence-corrected chi connectivity index (χ4v) is 2.62. The number of amides is 1. The second-order valence-electron chi connectivity index (χ2n) is 4.99. The summed E-state index contributed by atoms with van der Waals surface area (Å²) >= 11 is 5.92. The van der Waals surface area contributed by atoms with Crippen molar-refractivity contribution in [2.24, 2.45) is 0 Å². The van der Waals surface area contributed by atoms with E-state index in [4.69, 9.17) is 16.3 Å². The molecule has 24 heavy (non-hydrogen) atoms. The van der Waals surface area contributed by atoms with E-state index in [1.807, 2.05) is 0 Å². The van der Waals surface area contributed by atoms with E-state index in [2.05, 4.69) is 10.1 Å².